The summed E-state index contributed by atoms with van der Waals surface area (Å²) in [7, 11) is 0. The molecule has 3 rings (SSSR count). The minimum Gasteiger partial charge on any atom is -0.484 e. The molecule has 3 N–H and O–H groups in total. The number of ether oxygens (including phenoxy) is 1. The molecule has 3 aromatic carbocycles. The number of benzene rings is 3. The molecule has 0 aliphatic heterocycles. The quantitative estimate of drug-likeness (QED) is 0.536. The van der Waals surface area contributed by atoms with Crippen LogP contribution in [0.5, 0.6) is 5.75 Å². The predicted octanol–water partition coefficient (Wildman–Crippen LogP) is 3.40. The fourth-order valence-corrected chi connectivity index (χ4v) is 2.90. The fourth-order valence-electron chi connectivity index (χ4n) is 2.90. The van der Waals surface area contributed by atoms with Crippen molar-refractivity contribution in [1.82, 2.24) is 10.9 Å². The Morgan fingerprint density at radius 3 is 2.00 bits per heavy atom. The van der Waals surface area contributed by atoms with E-state index in [1.165, 1.54) is 0 Å². The van der Waals surface area contributed by atoms with Crippen LogP contribution in [-0.2, 0) is 4.79 Å². The molecule has 0 aromatic heterocycles. The lowest BCUT2D eigenvalue weighted by atomic mass is 10.1. The van der Waals surface area contributed by atoms with E-state index in [9.17, 15) is 14.4 Å². The van der Waals surface area contributed by atoms with Gasteiger partial charge in [0.25, 0.3) is 17.7 Å². The molecule has 0 heterocycles. The van der Waals surface area contributed by atoms with Gasteiger partial charge in [0, 0.05) is 16.8 Å². The third kappa shape index (κ3) is 6.43. The number of nitrogens with one attached hydrogen (secondary N) is 3. The van der Waals surface area contributed by atoms with Crippen molar-refractivity contribution in [3.05, 3.63) is 95.1 Å². The van der Waals surface area contributed by atoms with Gasteiger partial charge in [-0.25, -0.2) is 0 Å². The van der Waals surface area contributed by atoms with Gasteiger partial charge in [-0.05, 0) is 73.5 Å². The second-order valence-corrected chi connectivity index (χ2v) is 7.01. The zero-order valence-corrected chi connectivity index (χ0v) is 17.3. The summed E-state index contributed by atoms with van der Waals surface area (Å²) >= 11 is 0. The lowest BCUT2D eigenvalue weighted by molar-refractivity contribution is -0.123. The van der Waals surface area contributed by atoms with Gasteiger partial charge in [0.1, 0.15) is 5.75 Å². The van der Waals surface area contributed by atoms with Crippen molar-refractivity contribution in [3.63, 3.8) is 0 Å². The van der Waals surface area contributed by atoms with Crippen molar-refractivity contribution < 1.29 is 19.1 Å². The first kappa shape index (κ1) is 21.6. The van der Waals surface area contributed by atoms with Crippen molar-refractivity contribution in [2.75, 3.05) is 11.9 Å². The molecule has 0 fully saturated rings. The van der Waals surface area contributed by atoms with E-state index in [0.717, 1.165) is 11.1 Å². The molecule has 0 aliphatic rings. The average molecular weight is 417 g/mol. The molecular formula is C24H23N3O4. The van der Waals surface area contributed by atoms with Crippen LogP contribution in [0.4, 0.5) is 5.69 Å². The maximum atomic E-state index is 12.2. The van der Waals surface area contributed by atoms with E-state index < -0.39 is 11.8 Å². The first-order valence-electron chi connectivity index (χ1n) is 9.67. The zero-order chi connectivity index (χ0) is 22.2. The molecule has 31 heavy (non-hydrogen) atoms. The van der Waals surface area contributed by atoms with Crippen molar-refractivity contribution in [3.8, 4) is 5.75 Å². The third-order valence-electron chi connectivity index (χ3n) is 4.32. The van der Waals surface area contributed by atoms with Crippen LogP contribution in [0, 0.1) is 13.8 Å². The van der Waals surface area contributed by atoms with E-state index in [4.69, 9.17) is 4.74 Å². The Morgan fingerprint density at radius 2 is 1.35 bits per heavy atom. The van der Waals surface area contributed by atoms with Gasteiger partial charge in [0.2, 0.25) is 0 Å². The predicted molar refractivity (Wildman–Crippen MR) is 118 cm³/mol. The van der Waals surface area contributed by atoms with Crippen molar-refractivity contribution in [2.45, 2.75) is 13.8 Å². The largest absolute Gasteiger partial charge is 0.484 e. The van der Waals surface area contributed by atoms with Gasteiger partial charge in [-0.1, -0.05) is 24.3 Å². The van der Waals surface area contributed by atoms with Gasteiger partial charge in [-0.15, -0.1) is 0 Å². The Balaban J connectivity index is 1.46. The highest BCUT2D eigenvalue weighted by molar-refractivity contribution is 6.04. The second-order valence-electron chi connectivity index (χ2n) is 7.01. The average Bonchev–Trinajstić information content (AvgIpc) is 2.76. The summed E-state index contributed by atoms with van der Waals surface area (Å²) < 4.78 is 5.45. The van der Waals surface area contributed by atoms with Gasteiger partial charge < -0.3 is 10.1 Å². The monoisotopic (exact) mass is 417 g/mol. The first-order valence-corrected chi connectivity index (χ1v) is 9.67. The summed E-state index contributed by atoms with van der Waals surface area (Å²) in [6.07, 6.45) is 0. The second kappa shape index (κ2) is 10.1. The summed E-state index contributed by atoms with van der Waals surface area (Å²) in [6, 6.07) is 20.8. The van der Waals surface area contributed by atoms with Gasteiger partial charge in [0.15, 0.2) is 6.61 Å². The van der Waals surface area contributed by atoms with Crippen molar-refractivity contribution >= 4 is 23.4 Å². The van der Waals surface area contributed by atoms with E-state index in [-0.39, 0.29) is 12.5 Å². The number of aryl methyl sites for hydroxylation is 2. The minimum absolute atomic E-state index is 0.229. The molecule has 3 aromatic rings. The molecule has 7 nitrogen and oxygen atoms in total. The maximum Gasteiger partial charge on any atom is 0.276 e. The molecule has 0 unspecified atom stereocenters. The van der Waals surface area contributed by atoms with Crippen LogP contribution in [0.1, 0.15) is 31.8 Å². The fraction of sp³-hybridized carbons (Fsp3) is 0.125. The minimum atomic E-state index is -0.487. The molecule has 0 bridgehead atoms. The van der Waals surface area contributed by atoms with Gasteiger partial charge >= 0.3 is 0 Å². The SMILES string of the molecule is Cc1cc(C)cc(OCC(=O)NNC(=O)c2ccc(NC(=O)c3ccccc3)cc2)c1. The van der Waals surface area contributed by atoms with E-state index in [2.05, 4.69) is 16.2 Å². The standard InChI is InChI=1S/C24H23N3O4/c1-16-12-17(2)14-21(13-16)31-15-22(28)26-27-24(30)19-8-10-20(11-9-19)25-23(29)18-6-4-3-5-7-18/h3-14H,15H2,1-2H3,(H,25,29)(H,26,28)(H,27,30). The molecule has 0 saturated heterocycles. The van der Waals surface area contributed by atoms with Crippen LogP contribution < -0.4 is 20.9 Å². The van der Waals surface area contributed by atoms with E-state index >= 15 is 0 Å². The van der Waals surface area contributed by atoms with Crippen LogP contribution in [0.25, 0.3) is 0 Å². The molecule has 3 amide bonds. The number of carbonyl (C=O) groups is 3. The number of hydrogen-bond acceptors (Lipinski definition) is 4. The smallest absolute Gasteiger partial charge is 0.276 e. The number of hydrogen-bond donors (Lipinski definition) is 3. The highest BCUT2D eigenvalue weighted by atomic mass is 16.5. The number of hydrazine groups is 1. The Morgan fingerprint density at radius 1 is 0.742 bits per heavy atom. The molecule has 0 atom stereocenters. The zero-order valence-electron chi connectivity index (χ0n) is 17.3. The highest BCUT2D eigenvalue weighted by Gasteiger charge is 2.10. The van der Waals surface area contributed by atoms with Crippen LogP contribution >= 0.6 is 0 Å². The van der Waals surface area contributed by atoms with E-state index in [1.54, 1.807) is 48.5 Å². The van der Waals surface area contributed by atoms with Crippen molar-refractivity contribution in [1.29, 1.82) is 0 Å². The Hall–Kier alpha value is -4.13. The lowest BCUT2D eigenvalue weighted by Gasteiger charge is -2.10. The number of carbonyl (C=O) groups excluding carboxylic acids is 3. The van der Waals surface area contributed by atoms with Gasteiger partial charge in [-0.3, -0.25) is 25.2 Å². The first-order chi connectivity index (χ1) is 14.9. The Bertz CT molecular complexity index is 1060. The summed E-state index contributed by atoms with van der Waals surface area (Å²) in [5.74, 6) is -0.624. The van der Waals surface area contributed by atoms with E-state index in [0.29, 0.717) is 22.6 Å². The van der Waals surface area contributed by atoms with Crippen LogP contribution in [0.2, 0.25) is 0 Å². The molecule has 158 valence electrons. The molecular weight excluding hydrogens is 394 g/mol. The maximum absolute atomic E-state index is 12.2. The number of anilines is 1. The highest BCUT2D eigenvalue weighted by Crippen LogP contribution is 2.16. The van der Waals surface area contributed by atoms with Crippen molar-refractivity contribution in [2.24, 2.45) is 0 Å². The normalized spacial score (nSPS) is 10.1. The summed E-state index contributed by atoms with van der Waals surface area (Å²) in [6.45, 7) is 3.66. The van der Waals surface area contributed by atoms with Crippen LogP contribution in [0.15, 0.2) is 72.8 Å². The van der Waals surface area contributed by atoms with Gasteiger partial charge in [0.05, 0.1) is 0 Å². The number of amides is 3. The molecule has 7 heteroatoms. The Labute approximate surface area is 180 Å². The summed E-state index contributed by atoms with van der Waals surface area (Å²) in [5.41, 5.74) is 8.14. The molecule has 0 spiro atoms. The van der Waals surface area contributed by atoms with Crippen LogP contribution in [-0.4, -0.2) is 24.3 Å². The summed E-state index contributed by atoms with van der Waals surface area (Å²) in [4.78, 5) is 36.3. The van der Waals surface area contributed by atoms with E-state index in [1.807, 2.05) is 38.1 Å². The third-order valence-corrected chi connectivity index (χ3v) is 4.32. The molecule has 0 saturated carbocycles. The molecule has 0 aliphatic carbocycles. The van der Waals surface area contributed by atoms with Crippen LogP contribution in [0.3, 0.4) is 0 Å². The molecule has 0 radical (unpaired) electrons. The summed E-state index contributed by atoms with van der Waals surface area (Å²) in [5, 5.41) is 2.76. The lowest BCUT2D eigenvalue weighted by Crippen LogP contribution is -2.43. The number of rotatable bonds is 6. The topological polar surface area (TPSA) is 96.5 Å². The Kier molecular flexibility index (Phi) is 7.01. The van der Waals surface area contributed by atoms with Gasteiger partial charge in [-0.2, -0.15) is 0 Å².